The summed E-state index contributed by atoms with van der Waals surface area (Å²) < 4.78 is 68.3. The molecule has 10 nitrogen and oxygen atoms in total. The zero-order chi connectivity index (χ0) is 23.7. The van der Waals surface area contributed by atoms with Gasteiger partial charge in [-0.2, -0.15) is 8.42 Å². The number of rotatable bonds is 7. The predicted molar refractivity (Wildman–Crippen MR) is 107 cm³/mol. The van der Waals surface area contributed by atoms with Crippen LogP contribution in [0.3, 0.4) is 0 Å². The molecule has 0 spiro atoms. The Kier molecular flexibility index (Phi) is 6.02. The van der Waals surface area contributed by atoms with Gasteiger partial charge in [-0.05, 0) is 48.9 Å². The summed E-state index contributed by atoms with van der Waals surface area (Å²) in [5.74, 6) is -1.13. The number of aromatic nitrogens is 1. The van der Waals surface area contributed by atoms with Crippen molar-refractivity contribution in [1.82, 2.24) is 15.0 Å². The maximum atomic E-state index is 13.0. The molecule has 14 heteroatoms. The van der Waals surface area contributed by atoms with Crippen molar-refractivity contribution < 1.29 is 35.9 Å². The number of hydrogen-bond donors (Lipinski definition) is 3. The smallest absolute Gasteiger partial charge is 0.406 e. The summed E-state index contributed by atoms with van der Waals surface area (Å²) in [7, 11) is -2.58. The number of amides is 3. The third-order valence-corrected chi connectivity index (χ3v) is 5.49. The highest BCUT2D eigenvalue weighted by molar-refractivity contribution is 7.90. The van der Waals surface area contributed by atoms with Crippen LogP contribution in [-0.2, 0) is 21.4 Å². The fourth-order valence-corrected chi connectivity index (χ4v) is 3.56. The number of ether oxygens (including phenoxy) is 1. The largest absolute Gasteiger partial charge is 0.573 e. The van der Waals surface area contributed by atoms with Crippen molar-refractivity contribution in [2.45, 2.75) is 25.2 Å². The number of imide groups is 1. The Balaban J connectivity index is 1.79. The molecule has 1 aromatic heterocycles. The van der Waals surface area contributed by atoms with Gasteiger partial charge in [0.1, 0.15) is 17.1 Å². The molecule has 0 aliphatic carbocycles. The van der Waals surface area contributed by atoms with Gasteiger partial charge < -0.3 is 10.1 Å². The molecular weight excluding hydrogens is 455 g/mol. The number of anilines is 2. The Bertz CT molecular complexity index is 1140. The SMILES string of the molecule is CNS(=O)(=O)Nc1cc(CC2(C)NC(=O)N(c3ccc(OC(F)(F)F)cc3)C2=O)ccn1. The van der Waals surface area contributed by atoms with Crippen LogP contribution in [-0.4, -0.2) is 44.3 Å². The molecule has 0 radical (unpaired) electrons. The fraction of sp³-hybridized carbons (Fsp3) is 0.278. The molecule has 32 heavy (non-hydrogen) atoms. The third kappa shape index (κ3) is 5.26. The summed E-state index contributed by atoms with van der Waals surface area (Å²) in [6.45, 7) is 1.48. The van der Waals surface area contributed by atoms with Gasteiger partial charge >= 0.3 is 12.4 Å². The van der Waals surface area contributed by atoms with E-state index >= 15 is 0 Å². The van der Waals surface area contributed by atoms with Crippen molar-refractivity contribution in [2.75, 3.05) is 16.7 Å². The van der Waals surface area contributed by atoms with Crippen LogP contribution in [0.5, 0.6) is 5.75 Å². The lowest BCUT2D eigenvalue weighted by Crippen LogP contribution is -2.46. The van der Waals surface area contributed by atoms with E-state index in [2.05, 4.69) is 24.5 Å². The molecule has 3 amide bonds. The average molecular weight is 473 g/mol. The Morgan fingerprint density at radius 1 is 1.19 bits per heavy atom. The van der Waals surface area contributed by atoms with E-state index in [0.29, 0.717) is 5.56 Å². The standard InChI is InChI=1S/C18H18F3N5O5S/c1-17(10-11-7-8-23-14(9-11)25-32(29,30)22-2)15(27)26(16(28)24-17)12-3-5-13(6-4-12)31-18(19,20)21/h3-9,22H,10H2,1-2H3,(H,23,25)(H,24,28). The van der Waals surface area contributed by atoms with E-state index in [1.807, 2.05) is 0 Å². The molecule has 3 N–H and O–H groups in total. The van der Waals surface area contributed by atoms with Crippen molar-refractivity contribution >= 4 is 33.7 Å². The molecule has 2 aromatic rings. The number of halogens is 3. The van der Waals surface area contributed by atoms with Crippen LogP contribution in [0.1, 0.15) is 12.5 Å². The summed E-state index contributed by atoms with van der Waals surface area (Å²) in [5.41, 5.74) is -0.831. The minimum absolute atomic E-state index is 0.000142. The molecule has 0 saturated carbocycles. The highest BCUT2D eigenvalue weighted by Crippen LogP contribution is 2.30. The number of carbonyl (C=O) groups is 2. The average Bonchev–Trinajstić information content (AvgIpc) is 2.89. The van der Waals surface area contributed by atoms with Crippen molar-refractivity contribution in [3.63, 3.8) is 0 Å². The maximum Gasteiger partial charge on any atom is 0.573 e. The molecule has 1 atom stereocenters. The Hall–Kier alpha value is -3.39. The Labute approximate surface area is 180 Å². The quantitative estimate of drug-likeness (QED) is 0.527. The van der Waals surface area contributed by atoms with Crippen molar-refractivity contribution in [3.05, 3.63) is 48.2 Å². The van der Waals surface area contributed by atoms with Crippen molar-refractivity contribution in [2.24, 2.45) is 0 Å². The Morgan fingerprint density at radius 3 is 2.44 bits per heavy atom. The summed E-state index contributed by atoms with van der Waals surface area (Å²) in [5, 5.41) is 2.56. The normalized spacial score (nSPS) is 19.1. The van der Waals surface area contributed by atoms with E-state index in [0.717, 1.165) is 29.2 Å². The number of urea groups is 1. The second-order valence-corrected chi connectivity index (χ2v) is 8.60. The van der Waals surface area contributed by atoms with Crippen molar-refractivity contribution in [1.29, 1.82) is 0 Å². The van der Waals surface area contributed by atoms with Crippen LogP contribution in [0.4, 0.5) is 29.5 Å². The minimum atomic E-state index is -4.87. The lowest BCUT2D eigenvalue weighted by Gasteiger charge is -2.22. The summed E-state index contributed by atoms with van der Waals surface area (Å²) in [6.07, 6.45) is -3.53. The van der Waals surface area contributed by atoms with Crippen molar-refractivity contribution in [3.8, 4) is 5.75 Å². The molecule has 3 rings (SSSR count). The maximum absolute atomic E-state index is 13.0. The van der Waals surface area contributed by atoms with Gasteiger partial charge in [-0.15, -0.1) is 13.2 Å². The van der Waals surface area contributed by atoms with Crippen LogP contribution in [0.25, 0.3) is 0 Å². The van der Waals surface area contributed by atoms with E-state index in [-0.39, 0.29) is 17.9 Å². The summed E-state index contributed by atoms with van der Waals surface area (Å²) in [4.78, 5) is 30.2. The second-order valence-electron chi connectivity index (χ2n) is 6.98. The van der Waals surface area contributed by atoms with E-state index in [1.165, 1.54) is 26.2 Å². The second kappa shape index (κ2) is 8.27. The monoisotopic (exact) mass is 473 g/mol. The van der Waals surface area contributed by atoms with Gasteiger partial charge in [0.25, 0.3) is 16.1 Å². The molecule has 0 bridgehead atoms. The predicted octanol–water partition coefficient (Wildman–Crippen LogP) is 1.91. The molecule has 172 valence electrons. The molecule has 1 aliphatic rings. The number of nitrogens with zero attached hydrogens (tertiary/aromatic N) is 2. The Morgan fingerprint density at radius 2 is 1.84 bits per heavy atom. The summed E-state index contributed by atoms with van der Waals surface area (Å²) >= 11 is 0. The fourth-order valence-electron chi connectivity index (χ4n) is 3.07. The number of carbonyl (C=O) groups excluding carboxylic acids is 2. The number of hydrogen-bond acceptors (Lipinski definition) is 6. The topological polar surface area (TPSA) is 130 Å². The number of alkyl halides is 3. The number of pyridine rings is 1. The first kappa shape index (κ1) is 23.3. The first-order chi connectivity index (χ1) is 14.8. The van der Waals surface area contributed by atoms with Gasteiger partial charge in [-0.25, -0.2) is 19.4 Å². The number of nitrogens with one attached hydrogen (secondary N) is 3. The highest BCUT2D eigenvalue weighted by Gasteiger charge is 2.48. The van der Waals surface area contributed by atoms with Crippen LogP contribution < -0.4 is 24.4 Å². The van der Waals surface area contributed by atoms with Gasteiger partial charge in [-0.3, -0.25) is 9.52 Å². The first-order valence-corrected chi connectivity index (χ1v) is 10.5. The zero-order valence-corrected chi connectivity index (χ0v) is 17.5. The van der Waals surface area contributed by atoms with Gasteiger partial charge in [-0.1, -0.05) is 0 Å². The van der Waals surface area contributed by atoms with E-state index in [1.54, 1.807) is 6.07 Å². The van der Waals surface area contributed by atoms with Crippen LogP contribution >= 0.6 is 0 Å². The van der Waals surface area contributed by atoms with E-state index in [9.17, 15) is 31.2 Å². The van der Waals surface area contributed by atoms with Crippen LogP contribution in [0.15, 0.2) is 42.6 Å². The van der Waals surface area contributed by atoms with Gasteiger partial charge in [0.15, 0.2) is 0 Å². The molecule has 1 fully saturated rings. The summed E-state index contributed by atoms with van der Waals surface area (Å²) in [6, 6.07) is 6.48. The van der Waals surface area contributed by atoms with Crippen LogP contribution in [0, 0.1) is 0 Å². The van der Waals surface area contributed by atoms with Gasteiger partial charge in [0.2, 0.25) is 0 Å². The molecule has 2 heterocycles. The minimum Gasteiger partial charge on any atom is -0.406 e. The van der Waals surface area contributed by atoms with E-state index < -0.39 is 39.8 Å². The van der Waals surface area contributed by atoms with Gasteiger partial charge in [0, 0.05) is 19.7 Å². The zero-order valence-electron chi connectivity index (χ0n) is 16.7. The van der Waals surface area contributed by atoms with Crippen LogP contribution in [0.2, 0.25) is 0 Å². The molecule has 1 saturated heterocycles. The van der Waals surface area contributed by atoms with E-state index in [4.69, 9.17) is 0 Å². The highest BCUT2D eigenvalue weighted by atomic mass is 32.2. The lowest BCUT2D eigenvalue weighted by atomic mass is 9.93. The molecule has 1 aromatic carbocycles. The lowest BCUT2D eigenvalue weighted by molar-refractivity contribution is -0.274. The molecule has 1 aliphatic heterocycles. The molecular formula is C18H18F3N5O5S. The van der Waals surface area contributed by atoms with Gasteiger partial charge in [0.05, 0.1) is 5.69 Å². The third-order valence-electron chi connectivity index (χ3n) is 4.48. The molecule has 1 unspecified atom stereocenters. The first-order valence-electron chi connectivity index (χ1n) is 9.01. The number of benzene rings is 1.